The first kappa shape index (κ1) is 25.0. The number of anilines is 2. The molecule has 5 nitrogen and oxygen atoms in total. The van der Waals surface area contributed by atoms with E-state index in [1.165, 1.54) is 46.7 Å². The Morgan fingerprint density at radius 2 is 1.88 bits per heavy atom. The third-order valence-electron chi connectivity index (χ3n) is 5.69. The van der Waals surface area contributed by atoms with E-state index >= 15 is 0 Å². The number of likely N-dealkylation sites (N-methyl/N-ethyl adjacent to an activating group) is 2. The number of benzene rings is 2. The Balaban J connectivity index is 2.17. The first-order valence-corrected chi connectivity index (χ1v) is 12.0. The van der Waals surface area contributed by atoms with Gasteiger partial charge < -0.3 is 15.5 Å². The zero-order valence-electron chi connectivity index (χ0n) is 19.2. The van der Waals surface area contributed by atoms with Gasteiger partial charge in [0.25, 0.3) is 5.56 Å². The average molecular weight is 479 g/mol. The molecule has 3 rings (SSSR count). The van der Waals surface area contributed by atoms with Crippen molar-refractivity contribution in [2.24, 2.45) is 7.05 Å². The van der Waals surface area contributed by atoms with Crippen molar-refractivity contribution in [2.75, 3.05) is 49.8 Å². The van der Waals surface area contributed by atoms with Crippen LogP contribution >= 0.6 is 11.8 Å². The van der Waals surface area contributed by atoms with E-state index in [-0.39, 0.29) is 10.9 Å². The van der Waals surface area contributed by atoms with Gasteiger partial charge in [-0.15, -0.1) is 11.8 Å². The highest BCUT2D eigenvalue weighted by atomic mass is 32.2. The van der Waals surface area contributed by atoms with Crippen molar-refractivity contribution in [1.29, 1.82) is 0 Å². The molecule has 33 heavy (non-hydrogen) atoms. The number of fused-ring (bicyclic) bond motifs is 1. The summed E-state index contributed by atoms with van der Waals surface area (Å²) >= 11 is 1.32. The van der Waals surface area contributed by atoms with Gasteiger partial charge in [0.15, 0.2) is 0 Å². The highest BCUT2D eigenvalue weighted by Gasteiger charge is 2.21. The van der Waals surface area contributed by atoms with Crippen LogP contribution in [0.1, 0.15) is 18.5 Å². The zero-order chi connectivity index (χ0) is 24.1. The highest BCUT2D eigenvalue weighted by molar-refractivity contribution is 7.98. The van der Waals surface area contributed by atoms with E-state index in [1.807, 2.05) is 24.9 Å². The monoisotopic (exact) mass is 478 g/mol. The summed E-state index contributed by atoms with van der Waals surface area (Å²) in [4.78, 5) is 15.8. The molecule has 0 aliphatic carbocycles. The molecule has 3 aromatic rings. The van der Waals surface area contributed by atoms with Crippen molar-refractivity contribution >= 4 is 34.0 Å². The fraction of sp³-hybridized carbons (Fsp3) is 0.375. The van der Waals surface area contributed by atoms with Crippen molar-refractivity contribution in [2.45, 2.75) is 17.9 Å². The minimum absolute atomic E-state index is 0.186. The molecular formula is C24H29F3N4OS. The third kappa shape index (κ3) is 5.30. The molecular weight excluding hydrogens is 449 g/mol. The lowest BCUT2D eigenvalue weighted by Crippen LogP contribution is -2.35. The predicted octanol–water partition coefficient (Wildman–Crippen LogP) is 4.71. The fourth-order valence-electron chi connectivity index (χ4n) is 3.93. The van der Waals surface area contributed by atoms with Crippen LogP contribution in [-0.4, -0.2) is 44.2 Å². The van der Waals surface area contributed by atoms with Crippen LogP contribution in [-0.2, 0) is 7.05 Å². The van der Waals surface area contributed by atoms with E-state index in [1.54, 1.807) is 13.3 Å². The van der Waals surface area contributed by atoms with Gasteiger partial charge in [-0.05, 0) is 67.6 Å². The van der Waals surface area contributed by atoms with E-state index in [0.29, 0.717) is 47.0 Å². The number of rotatable bonds is 10. The molecule has 0 unspecified atom stereocenters. The first-order valence-electron chi connectivity index (χ1n) is 10.7. The summed E-state index contributed by atoms with van der Waals surface area (Å²) in [6.45, 7) is 3.19. The molecule has 0 saturated carbocycles. The molecule has 0 aliphatic rings. The zero-order valence-corrected chi connectivity index (χ0v) is 20.0. The molecule has 0 radical (unpaired) electrons. The van der Waals surface area contributed by atoms with E-state index < -0.39 is 24.4 Å². The lowest BCUT2D eigenvalue weighted by molar-refractivity contribution is 0.452. The smallest absolute Gasteiger partial charge is 0.259 e. The minimum atomic E-state index is -0.924. The van der Waals surface area contributed by atoms with E-state index in [0.717, 1.165) is 0 Å². The van der Waals surface area contributed by atoms with E-state index in [2.05, 4.69) is 10.6 Å². The van der Waals surface area contributed by atoms with Crippen LogP contribution in [0.25, 0.3) is 10.8 Å². The SMILES string of the molecule is CCN(CCNC)c1cc2c([C@@H](CF)Nc3ccc(F)cc3SC)cc(F)cc2c(=O)n1C. The van der Waals surface area contributed by atoms with Crippen LogP contribution in [0.15, 0.2) is 46.1 Å². The van der Waals surface area contributed by atoms with Gasteiger partial charge >= 0.3 is 0 Å². The molecule has 1 heterocycles. The number of nitrogens with one attached hydrogen (secondary N) is 2. The largest absolute Gasteiger partial charge is 0.375 e. The predicted molar refractivity (Wildman–Crippen MR) is 131 cm³/mol. The molecule has 1 aromatic heterocycles. The molecule has 0 aliphatic heterocycles. The van der Waals surface area contributed by atoms with Gasteiger partial charge in [-0.3, -0.25) is 9.36 Å². The summed E-state index contributed by atoms with van der Waals surface area (Å²) in [5.41, 5.74) is 0.528. The standard InChI is InChI=1S/C24H29F3N4OS/c1-5-31(9-8-28-2)23-13-17-18(10-16(27)11-19(17)24(32)30(23)3)21(14-25)29-20-7-6-15(26)12-22(20)33-4/h6-7,10-13,21,28-29H,5,8-9,14H2,1-4H3/t21-/m1/s1. The third-order valence-corrected chi connectivity index (χ3v) is 6.47. The molecule has 178 valence electrons. The fourth-order valence-corrected chi connectivity index (χ4v) is 4.51. The molecule has 0 fully saturated rings. The van der Waals surface area contributed by atoms with E-state index in [9.17, 15) is 18.0 Å². The molecule has 2 aromatic carbocycles. The van der Waals surface area contributed by atoms with Gasteiger partial charge in [0.1, 0.15) is 24.1 Å². The number of hydrogen-bond acceptors (Lipinski definition) is 5. The Bertz CT molecular complexity index is 1180. The van der Waals surface area contributed by atoms with Crippen LogP contribution in [0, 0.1) is 11.6 Å². The quantitative estimate of drug-likeness (QED) is 0.414. The van der Waals surface area contributed by atoms with Crippen LogP contribution in [0.5, 0.6) is 0 Å². The summed E-state index contributed by atoms with van der Waals surface area (Å²) < 4.78 is 44.0. The van der Waals surface area contributed by atoms with Crippen LogP contribution < -0.4 is 21.1 Å². The average Bonchev–Trinajstić information content (AvgIpc) is 2.81. The summed E-state index contributed by atoms with van der Waals surface area (Å²) in [5.74, 6) is -0.344. The molecule has 0 spiro atoms. The Labute approximate surface area is 196 Å². The van der Waals surface area contributed by atoms with Crippen LogP contribution in [0.3, 0.4) is 0 Å². The van der Waals surface area contributed by atoms with Crippen molar-refractivity contribution in [3.05, 3.63) is 63.9 Å². The molecule has 1 atom stereocenters. The summed E-state index contributed by atoms with van der Waals surface area (Å²) in [7, 11) is 3.50. The number of pyridine rings is 1. The Morgan fingerprint density at radius 3 is 2.52 bits per heavy atom. The topological polar surface area (TPSA) is 49.3 Å². The van der Waals surface area contributed by atoms with Crippen LogP contribution in [0.2, 0.25) is 0 Å². The van der Waals surface area contributed by atoms with Gasteiger partial charge in [-0.25, -0.2) is 13.2 Å². The second kappa shape index (κ2) is 11.0. The number of hydrogen-bond donors (Lipinski definition) is 2. The highest BCUT2D eigenvalue weighted by Crippen LogP contribution is 2.33. The first-order chi connectivity index (χ1) is 15.8. The maximum atomic E-state index is 14.6. The Hall–Kier alpha value is -2.65. The Kier molecular flexibility index (Phi) is 8.31. The van der Waals surface area contributed by atoms with Crippen molar-refractivity contribution in [3.63, 3.8) is 0 Å². The van der Waals surface area contributed by atoms with Crippen molar-refractivity contribution < 1.29 is 13.2 Å². The molecule has 0 bridgehead atoms. The van der Waals surface area contributed by atoms with E-state index in [4.69, 9.17) is 0 Å². The van der Waals surface area contributed by atoms with Gasteiger partial charge in [0.2, 0.25) is 0 Å². The summed E-state index contributed by atoms with van der Waals surface area (Å²) in [6, 6.07) is 7.52. The number of nitrogens with zero attached hydrogens (tertiary/aromatic N) is 2. The number of aromatic nitrogens is 1. The lowest BCUT2D eigenvalue weighted by Gasteiger charge is -2.27. The van der Waals surface area contributed by atoms with Gasteiger partial charge in [-0.1, -0.05) is 0 Å². The minimum Gasteiger partial charge on any atom is -0.375 e. The summed E-state index contributed by atoms with van der Waals surface area (Å²) in [5, 5.41) is 6.85. The maximum absolute atomic E-state index is 14.6. The Morgan fingerprint density at radius 1 is 1.12 bits per heavy atom. The number of halogens is 3. The second-order valence-corrected chi connectivity index (χ2v) is 8.55. The van der Waals surface area contributed by atoms with Gasteiger partial charge in [-0.2, -0.15) is 0 Å². The molecule has 0 saturated heterocycles. The van der Waals surface area contributed by atoms with Crippen molar-refractivity contribution in [1.82, 2.24) is 9.88 Å². The molecule has 0 amide bonds. The normalized spacial score (nSPS) is 12.2. The number of thioether (sulfide) groups is 1. The number of alkyl halides is 1. The van der Waals surface area contributed by atoms with Crippen molar-refractivity contribution in [3.8, 4) is 0 Å². The second-order valence-electron chi connectivity index (χ2n) is 7.70. The maximum Gasteiger partial charge on any atom is 0.259 e. The van der Waals surface area contributed by atoms with Gasteiger partial charge in [0, 0.05) is 37.3 Å². The lowest BCUT2D eigenvalue weighted by atomic mass is 9.99. The van der Waals surface area contributed by atoms with Crippen LogP contribution in [0.4, 0.5) is 24.7 Å². The molecule has 9 heteroatoms. The van der Waals surface area contributed by atoms with Gasteiger partial charge in [0.05, 0.1) is 11.4 Å². The molecule has 2 N–H and O–H groups in total. The summed E-state index contributed by atoms with van der Waals surface area (Å²) in [6.07, 6.45) is 1.79.